The summed E-state index contributed by atoms with van der Waals surface area (Å²) >= 11 is 17.8. The summed E-state index contributed by atoms with van der Waals surface area (Å²) in [7, 11) is 0. The molecule has 1 aliphatic rings. The molecule has 2 rings (SSSR count). The van der Waals surface area contributed by atoms with Gasteiger partial charge in [0.05, 0.1) is 16.5 Å². The quantitative estimate of drug-likeness (QED) is 0.768. The summed E-state index contributed by atoms with van der Waals surface area (Å²) in [6.45, 7) is 0.720. The third kappa shape index (κ3) is 5.05. The molecule has 1 aromatic carbocycles. The van der Waals surface area contributed by atoms with E-state index in [2.05, 4.69) is 5.32 Å². The minimum Gasteiger partial charge on any atom is -0.356 e. The molecule has 0 heterocycles. The van der Waals surface area contributed by atoms with Gasteiger partial charge in [-0.25, -0.2) is 0 Å². The molecule has 0 aromatic heterocycles. The van der Waals surface area contributed by atoms with Crippen LogP contribution in [-0.2, 0) is 11.2 Å². The van der Waals surface area contributed by atoms with E-state index in [9.17, 15) is 4.79 Å². The van der Waals surface area contributed by atoms with Crippen LogP contribution in [0.5, 0.6) is 0 Å². The van der Waals surface area contributed by atoms with Crippen molar-refractivity contribution in [2.45, 2.75) is 32.1 Å². The molecule has 0 bridgehead atoms. The number of rotatable bonds is 5. The van der Waals surface area contributed by atoms with Gasteiger partial charge >= 0.3 is 0 Å². The van der Waals surface area contributed by atoms with Crippen LogP contribution in [0, 0.1) is 11.8 Å². The summed E-state index contributed by atoms with van der Waals surface area (Å²) in [4.78, 5) is 12.0. The lowest BCUT2D eigenvalue weighted by Crippen LogP contribution is -2.35. The number of nitrogens with one attached hydrogen (secondary N) is 1. The highest BCUT2D eigenvalue weighted by molar-refractivity contribution is 6.42. The molecule has 1 aliphatic carbocycles. The molecule has 0 spiro atoms. The number of amides is 1. The van der Waals surface area contributed by atoms with Gasteiger partial charge in [-0.15, -0.1) is 11.6 Å². The summed E-state index contributed by atoms with van der Waals surface area (Å²) < 4.78 is 0. The zero-order chi connectivity index (χ0) is 15.2. The lowest BCUT2D eigenvalue weighted by Gasteiger charge is -2.30. The maximum Gasteiger partial charge on any atom is 0.224 e. The monoisotopic (exact) mass is 347 g/mol. The van der Waals surface area contributed by atoms with E-state index >= 15 is 0 Å². The first-order valence-electron chi connectivity index (χ1n) is 7.36. The molecule has 0 radical (unpaired) electrons. The van der Waals surface area contributed by atoms with Crippen molar-refractivity contribution in [3.8, 4) is 0 Å². The fourth-order valence-electron chi connectivity index (χ4n) is 2.90. The topological polar surface area (TPSA) is 29.1 Å². The fourth-order valence-corrected chi connectivity index (χ4v) is 3.63. The van der Waals surface area contributed by atoms with E-state index in [1.165, 1.54) is 19.3 Å². The van der Waals surface area contributed by atoms with Crippen LogP contribution in [0.2, 0.25) is 10.0 Å². The highest BCUT2D eigenvalue weighted by Gasteiger charge is 2.24. The average Bonchev–Trinajstić information content (AvgIpc) is 2.49. The second kappa shape index (κ2) is 8.26. The van der Waals surface area contributed by atoms with Crippen LogP contribution in [0.1, 0.15) is 31.2 Å². The first-order chi connectivity index (χ1) is 10.1. The normalized spacial score (nSPS) is 22.0. The Kier molecular flexibility index (Phi) is 6.66. The van der Waals surface area contributed by atoms with Gasteiger partial charge in [0, 0.05) is 12.4 Å². The van der Waals surface area contributed by atoms with E-state index in [0.29, 0.717) is 34.2 Å². The zero-order valence-corrected chi connectivity index (χ0v) is 14.1. The Hall–Kier alpha value is -0.440. The molecule has 1 fully saturated rings. The summed E-state index contributed by atoms with van der Waals surface area (Å²) in [5.41, 5.74) is 0.874. The van der Waals surface area contributed by atoms with E-state index in [1.54, 1.807) is 12.1 Å². The van der Waals surface area contributed by atoms with Crippen LogP contribution in [-0.4, -0.2) is 18.3 Å². The van der Waals surface area contributed by atoms with Crippen molar-refractivity contribution < 1.29 is 4.79 Å². The van der Waals surface area contributed by atoms with Gasteiger partial charge in [-0.2, -0.15) is 0 Å². The Balaban J connectivity index is 1.82. The Bertz CT molecular complexity index is 492. The summed E-state index contributed by atoms with van der Waals surface area (Å²) in [6, 6.07) is 5.29. The molecular formula is C16H20Cl3NO. The predicted molar refractivity (Wildman–Crippen MR) is 89.3 cm³/mol. The highest BCUT2D eigenvalue weighted by Crippen LogP contribution is 2.30. The lowest BCUT2D eigenvalue weighted by molar-refractivity contribution is -0.120. The third-order valence-corrected chi connectivity index (χ3v) is 5.31. The van der Waals surface area contributed by atoms with E-state index < -0.39 is 0 Å². The largest absolute Gasteiger partial charge is 0.356 e. The highest BCUT2D eigenvalue weighted by atomic mass is 35.5. The number of carbonyl (C=O) groups excluding carboxylic acids is 1. The van der Waals surface area contributed by atoms with Crippen LogP contribution in [0.25, 0.3) is 0 Å². The molecule has 1 N–H and O–H groups in total. The molecule has 2 nitrogen and oxygen atoms in total. The van der Waals surface area contributed by atoms with E-state index in [4.69, 9.17) is 34.8 Å². The van der Waals surface area contributed by atoms with Crippen LogP contribution in [0.4, 0.5) is 0 Å². The Morgan fingerprint density at radius 3 is 2.52 bits per heavy atom. The average molecular weight is 349 g/mol. The van der Waals surface area contributed by atoms with Crippen molar-refractivity contribution in [1.29, 1.82) is 0 Å². The third-order valence-electron chi connectivity index (χ3n) is 4.17. The maximum atomic E-state index is 12.0. The second-order valence-electron chi connectivity index (χ2n) is 5.69. The molecule has 21 heavy (non-hydrogen) atoms. The molecule has 0 saturated heterocycles. The van der Waals surface area contributed by atoms with Crippen LogP contribution >= 0.6 is 34.8 Å². The number of halogens is 3. The maximum absolute atomic E-state index is 12.0. The molecule has 116 valence electrons. The van der Waals surface area contributed by atoms with Crippen molar-refractivity contribution in [3.63, 3.8) is 0 Å². The predicted octanol–water partition coefficient (Wildman–Crippen LogP) is 4.70. The Labute approximate surface area is 141 Å². The van der Waals surface area contributed by atoms with Gasteiger partial charge in [-0.3, -0.25) is 4.79 Å². The van der Waals surface area contributed by atoms with Gasteiger partial charge in [0.1, 0.15) is 0 Å². The smallest absolute Gasteiger partial charge is 0.224 e. The second-order valence-corrected chi connectivity index (χ2v) is 6.81. The molecule has 2 atom stereocenters. The van der Waals surface area contributed by atoms with Crippen LogP contribution < -0.4 is 5.32 Å². The zero-order valence-electron chi connectivity index (χ0n) is 11.9. The van der Waals surface area contributed by atoms with Gasteiger partial charge in [-0.05, 0) is 42.4 Å². The number of hydrogen-bond acceptors (Lipinski definition) is 1. The number of alkyl halides is 1. The van der Waals surface area contributed by atoms with Gasteiger partial charge < -0.3 is 5.32 Å². The molecule has 2 unspecified atom stereocenters. The number of benzene rings is 1. The van der Waals surface area contributed by atoms with Gasteiger partial charge in [0.25, 0.3) is 0 Å². The molecule has 5 heteroatoms. The van der Waals surface area contributed by atoms with Gasteiger partial charge in [-0.1, -0.05) is 42.1 Å². The van der Waals surface area contributed by atoms with Crippen LogP contribution in [0.3, 0.4) is 0 Å². The molecule has 1 aromatic rings. The molecule has 1 amide bonds. The first-order valence-corrected chi connectivity index (χ1v) is 8.65. The molecule has 0 aliphatic heterocycles. The minimum atomic E-state index is 0.0206. The van der Waals surface area contributed by atoms with Gasteiger partial charge in [0.2, 0.25) is 5.91 Å². The van der Waals surface area contributed by atoms with E-state index in [0.717, 1.165) is 18.5 Å². The standard InChI is InChI=1S/C16H20Cl3NO/c17-9-12-3-1-2-4-13(12)10-20-16(21)8-11-5-6-14(18)15(19)7-11/h5-7,12-13H,1-4,8-10H2,(H,20,21). The van der Waals surface area contributed by atoms with Crippen LogP contribution in [0.15, 0.2) is 18.2 Å². The summed E-state index contributed by atoms with van der Waals surface area (Å²) in [5.74, 6) is 1.75. The summed E-state index contributed by atoms with van der Waals surface area (Å²) in [5, 5.41) is 4.02. The van der Waals surface area contributed by atoms with Crippen molar-refractivity contribution in [2.24, 2.45) is 11.8 Å². The van der Waals surface area contributed by atoms with Crippen molar-refractivity contribution >= 4 is 40.7 Å². The summed E-state index contributed by atoms with van der Waals surface area (Å²) in [6.07, 6.45) is 5.16. The van der Waals surface area contributed by atoms with Gasteiger partial charge in [0.15, 0.2) is 0 Å². The molecular weight excluding hydrogens is 329 g/mol. The minimum absolute atomic E-state index is 0.0206. The van der Waals surface area contributed by atoms with E-state index in [1.807, 2.05) is 6.07 Å². The number of hydrogen-bond donors (Lipinski definition) is 1. The van der Waals surface area contributed by atoms with Crippen molar-refractivity contribution in [1.82, 2.24) is 5.32 Å². The lowest BCUT2D eigenvalue weighted by atomic mass is 9.80. The number of carbonyl (C=O) groups is 1. The van der Waals surface area contributed by atoms with Crippen molar-refractivity contribution in [3.05, 3.63) is 33.8 Å². The molecule has 1 saturated carbocycles. The Morgan fingerprint density at radius 1 is 1.14 bits per heavy atom. The van der Waals surface area contributed by atoms with E-state index in [-0.39, 0.29) is 5.91 Å². The van der Waals surface area contributed by atoms with Crippen molar-refractivity contribution in [2.75, 3.05) is 12.4 Å². The SMILES string of the molecule is O=C(Cc1ccc(Cl)c(Cl)c1)NCC1CCCCC1CCl. The first kappa shape index (κ1) is 16.9. The Morgan fingerprint density at radius 2 is 1.86 bits per heavy atom. The fraction of sp³-hybridized carbons (Fsp3) is 0.562.